The van der Waals surface area contributed by atoms with Crippen LogP contribution >= 0.6 is 0 Å². The van der Waals surface area contributed by atoms with Gasteiger partial charge in [-0.25, -0.2) is 0 Å². The van der Waals surface area contributed by atoms with Crippen LogP contribution < -0.4 is 9.80 Å². The number of nitrogens with zero attached hydrogens (tertiary/aromatic N) is 2. The van der Waals surface area contributed by atoms with Crippen molar-refractivity contribution in [2.75, 3.05) is 62.4 Å². The predicted octanol–water partition coefficient (Wildman–Crippen LogP) is 2.48. The lowest BCUT2D eigenvalue weighted by atomic mass is 10.1. The second-order valence-electron chi connectivity index (χ2n) is 7.41. The van der Waals surface area contributed by atoms with Crippen LogP contribution in [-0.2, 0) is 18.9 Å². The molecule has 6 heteroatoms. The van der Waals surface area contributed by atoms with E-state index in [4.69, 9.17) is 18.9 Å². The average molecular weight is 362 g/mol. The Morgan fingerprint density at radius 1 is 0.769 bits per heavy atom. The molecule has 2 saturated heterocycles. The number of rotatable bonds is 6. The normalized spacial score (nSPS) is 22.8. The summed E-state index contributed by atoms with van der Waals surface area (Å²) in [6, 6.07) is 8.73. The van der Waals surface area contributed by atoms with Gasteiger partial charge in [0, 0.05) is 39.0 Å². The number of benzene rings is 1. The topological polar surface area (TPSA) is 43.4 Å². The van der Waals surface area contributed by atoms with Gasteiger partial charge in [0.15, 0.2) is 12.6 Å². The Bertz CT molecular complexity index is 524. The van der Waals surface area contributed by atoms with Crippen molar-refractivity contribution in [1.82, 2.24) is 0 Å². The van der Waals surface area contributed by atoms with Crippen LogP contribution in [0.4, 0.5) is 11.4 Å². The molecule has 0 saturated carbocycles. The molecule has 6 nitrogen and oxygen atoms in total. The largest absolute Gasteiger partial charge is 0.369 e. The molecule has 0 N–H and O–H groups in total. The van der Waals surface area contributed by atoms with Gasteiger partial charge in [-0.15, -0.1) is 0 Å². The summed E-state index contributed by atoms with van der Waals surface area (Å²) in [5.41, 5.74) is 2.62. The third kappa shape index (κ3) is 4.31. The molecule has 0 amide bonds. The Morgan fingerprint density at radius 2 is 1.19 bits per heavy atom. The van der Waals surface area contributed by atoms with Gasteiger partial charge in [-0.3, -0.25) is 0 Å². The van der Waals surface area contributed by atoms with E-state index >= 15 is 0 Å². The molecule has 3 aliphatic heterocycles. The minimum atomic E-state index is -0.0477. The summed E-state index contributed by atoms with van der Waals surface area (Å²) in [7, 11) is 0. The van der Waals surface area contributed by atoms with Crippen LogP contribution in [-0.4, -0.2) is 65.2 Å². The Morgan fingerprint density at radius 3 is 1.62 bits per heavy atom. The highest BCUT2D eigenvalue weighted by Gasteiger charge is 2.26. The highest BCUT2D eigenvalue weighted by Crippen LogP contribution is 2.34. The molecule has 26 heavy (non-hydrogen) atoms. The third-order valence-electron chi connectivity index (χ3n) is 5.28. The predicted molar refractivity (Wildman–Crippen MR) is 101 cm³/mol. The summed E-state index contributed by atoms with van der Waals surface area (Å²) >= 11 is 0. The lowest BCUT2D eigenvalue weighted by Crippen LogP contribution is -2.33. The standard InChI is InChI=1S/C20H30N2O4/c1-16-14-21(8-6-19-23-10-11-24-19)17-4-2-3-5-18(17)22(15-16)9-7-20-25-12-13-26-20/h2-5,16,19-20H,6-15H2,1H3. The van der Waals surface area contributed by atoms with E-state index in [9.17, 15) is 0 Å². The van der Waals surface area contributed by atoms with Crippen LogP contribution in [0.15, 0.2) is 24.3 Å². The van der Waals surface area contributed by atoms with Gasteiger partial charge in [0.2, 0.25) is 0 Å². The van der Waals surface area contributed by atoms with E-state index in [0.717, 1.165) is 65.4 Å². The number of hydrogen-bond donors (Lipinski definition) is 0. The number of hydrogen-bond acceptors (Lipinski definition) is 6. The number of anilines is 2. The molecule has 1 aromatic carbocycles. The van der Waals surface area contributed by atoms with E-state index in [-0.39, 0.29) is 12.6 Å². The van der Waals surface area contributed by atoms with Crippen LogP contribution in [0.3, 0.4) is 0 Å². The van der Waals surface area contributed by atoms with Gasteiger partial charge in [0.1, 0.15) is 0 Å². The SMILES string of the molecule is CC1CN(CCC2OCCO2)c2ccccc2N(CCC2OCCO2)C1. The Labute approximate surface area is 155 Å². The molecule has 0 spiro atoms. The first kappa shape index (κ1) is 18.0. The monoisotopic (exact) mass is 362 g/mol. The van der Waals surface area contributed by atoms with E-state index in [1.807, 2.05) is 0 Å². The molecule has 3 aliphatic rings. The second kappa shape index (κ2) is 8.57. The van der Waals surface area contributed by atoms with Gasteiger partial charge in [-0.1, -0.05) is 19.1 Å². The minimum Gasteiger partial charge on any atom is -0.369 e. The van der Waals surface area contributed by atoms with Crippen LogP contribution in [0.25, 0.3) is 0 Å². The van der Waals surface area contributed by atoms with Crippen molar-refractivity contribution >= 4 is 11.4 Å². The summed E-state index contributed by atoms with van der Waals surface area (Å²) < 4.78 is 22.5. The Balaban J connectivity index is 1.45. The van der Waals surface area contributed by atoms with Crippen LogP contribution in [0, 0.1) is 5.92 Å². The third-order valence-corrected chi connectivity index (χ3v) is 5.28. The van der Waals surface area contributed by atoms with Crippen LogP contribution in [0.1, 0.15) is 19.8 Å². The van der Waals surface area contributed by atoms with Gasteiger partial charge >= 0.3 is 0 Å². The summed E-state index contributed by atoms with van der Waals surface area (Å²) in [4.78, 5) is 4.99. The maximum atomic E-state index is 5.62. The number of ether oxygens (including phenoxy) is 4. The van der Waals surface area contributed by atoms with E-state index < -0.39 is 0 Å². The van der Waals surface area contributed by atoms with Crippen LogP contribution in [0.2, 0.25) is 0 Å². The zero-order valence-corrected chi connectivity index (χ0v) is 15.6. The summed E-state index contributed by atoms with van der Waals surface area (Å²) in [6.07, 6.45) is 1.72. The van der Waals surface area contributed by atoms with Crippen molar-refractivity contribution in [1.29, 1.82) is 0 Å². The minimum absolute atomic E-state index is 0.0477. The molecule has 0 radical (unpaired) electrons. The van der Waals surface area contributed by atoms with Crippen molar-refractivity contribution < 1.29 is 18.9 Å². The highest BCUT2D eigenvalue weighted by molar-refractivity contribution is 5.72. The summed E-state index contributed by atoms with van der Waals surface area (Å²) in [6.45, 7) is 9.22. The fraction of sp³-hybridized carbons (Fsp3) is 0.700. The quantitative estimate of drug-likeness (QED) is 0.775. The zero-order valence-electron chi connectivity index (χ0n) is 15.6. The Hall–Kier alpha value is -1.34. The maximum absolute atomic E-state index is 5.62. The van der Waals surface area contributed by atoms with Crippen molar-refractivity contribution in [2.45, 2.75) is 32.3 Å². The highest BCUT2D eigenvalue weighted by atomic mass is 16.7. The molecule has 0 atom stereocenters. The molecule has 1 aromatic rings. The zero-order chi connectivity index (χ0) is 17.8. The molecule has 144 valence electrons. The molecule has 0 bridgehead atoms. The lowest BCUT2D eigenvalue weighted by Gasteiger charge is -2.28. The van der Waals surface area contributed by atoms with Gasteiger partial charge in [0.25, 0.3) is 0 Å². The first-order chi connectivity index (χ1) is 12.8. The molecular formula is C20H30N2O4. The van der Waals surface area contributed by atoms with E-state index in [0.29, 0.717) is 5.92 Å². The van der Waals surface area contributed by atoms with Gasteiger partial charge in [-0.05, 0) is 18.1 Å². The second-order valence-corrected chi connectivity index (χ2v) is 7.41. The summed E-state index contributed by atoms with van der Waals surface area (Å²) in [5.74, 6) is 0.582. The molecule has 0 aromatic heterocycles. The van der Waals surface area contributed by atoms with Crippen molar-refractivity contribution in [3.8, 4) is 0 Å². The van der Waals surface area contributed by atoms with Crippen LogP contribution in [0.5, 0.6) is 0 Å². The van der Waals surface area contributed by atoms with E-state index in [1.165, 1.54) is 11.4 Å². The number of para-hydroxylation sites is 2. The van der Waals surface area contributed by atoms with Gasteiger partial charge < -0.3 is 28.7 Å². The molecule has 3 heterocycles. The fourth-order valence-corrected chi connectivity index (χ4v) is 4.10. The Kier molecular flexibility index (Phi) is 5.94. The van der Waals surface area contributed by atoms with E-state index in [1.54, 1.807) is 0 Å². The average Bonchev–Trinajstić information content (AvgIpc) is 3.34. The number of fused-ring (bicyclic) bond motifs is 1. The van der Waals surface area contributed by atoms with Gasteiger partial charge in [0.05, 0.1) is 37.8 Å². The van der Waals surface area contributed by atoms with E-state index in [2.05, 4.69) is 41.0 Å². The first-order valence-electron chi connectivity index (χ1n) is 9.85. The van der Waals surface area contributed by atoms with Crippen molar-refractivity contribution in [3.63, 3.8) is 0 Å². The first-order valence-corrected chi connectivity index (χ1v) is 9.85. The molecule has 2 fully saturated rings. The molecule has 0 unspecified atom stereocenters. The lowest BCUT2D eigenvalue weighted by molar-refractivity contribution is -0.0451. The fourth-order valence-electron chi connectivity index (χ4n) is 4.10. The molecular weight excluding hydrogens is 332 g/mol. The molecule has 0 aliphatic carbocycles. The maximum Gasteiger partial charge on any atom is 0.159 e. The summed E-state index contributed by atoms with van der Waals surface area (Å²) in [5, 5.41) is 0. The smallest absolute Gasteiger partial charge is 0.159 e. The van der Waals surface area contributed by atoms with Crippen molar-refractivity contribution in [2.24, 2.45) is 5.92 Å². The molecule has 4 rings (SSSR count). The van der Waals surface area contributed by atoms with Gasteiger partial charge in [-0.2, -0.15) is 0 Å². The van der Waals surface area contributed by atoms with Crippen molar-refractivity contribution in [3.05, 3.63) is 24.3 Å².